The van der Waals surface area contributed by atoms with Crippen LogP contribution in [0.1, 0.15) is 25.1 Å². The number of halogens is 3. The van der Waals surface area contributed by atoms with Crippen molar-refractivity contribution in [2.24, 2.45) is 0 Å². The van der Waals surface area contributed by atoms with E-state index in [0.29, 0.717) is 17.6 Å². The van der Waals surface area contributed by atoms with Gasteiger partial charge in [0.05, 0.1) is 37.0 Å². The van der Waals surface area contributed by atoms with Gasteiger partial charge in [0.1, 0.15) is 11.4 Å². The van der Waals surface area contributed by atoms with Crippen LogP contribution in [0.2, 0.25) is 0 Å². The Bertz CT molecular complexity index is 807. The molecule has 3 N–H and O–H groups in total. The molecular formula is C15H19F3N5O3P. The summed E-state index contributed by atoms with van der Waals surface area (Å²) in [6.07, 6.45) is -2.62. The van der Waals surface area contributed by atoms with Gasteiger partial charge in [-0.3, -0.25) is 9.55 Å². The molecule has 0 saturated heterocycles. The molecule has 0 fully saturated rings. The molecule has 0 amide bonds. The molecule has 0 aliphatic carbocycles. The van der Waals surface area contributed by atoms with Crippen LogP contribution in [-0.2, 0) is 26.0 Å². The molecule has 0 aromatic carbocycles. The number of hydrogen-bond acceptors (Lipinski definition) is 8. The van der Waals surface area contributed by atoms with E-state index in [1.807, 2.05) is 0 Å². The third-order valence-corrected chi connectivity index (χ3v) is 5.23. The highest BCUT2D eigenvalue weighted by Crippen LogP contribution is 2.50. The Labute approximate surface area is 153 Å². The average Bonchev–Trinajstić information content (AvgIpc) is 2.56. The first-order valence-electron chi connectivity index (χ1n) is 7.96. The molecule has 0 spiro atoms. The molecule has 148 valence electrons. The van der Waals surface area contributed by atoms with Gasteiger partial charge < -0.3 is 20.1 Å². The molecule has 2 aromatic rings. The third kappa shape index (κ3) is 5.88. The average molecular weight is 405 g/mol. The molecule has 0 bridgehead atoms. The molecule has 0 atom stereocenters. The molecular weight excluding hydrogens is 386 g/mol. The lowest BCUT2D eigenvalue weighted by molar-refractivity contribution is -0.137. The van der Waals surface area contributed by atoms with Crippen molar-refractivity contribution < 1.29 is 26.8 Å². The van der Waals surface area contributed by atoms with Crippen LogP contribution in [0.5, 0.6) is 0 Å². The van der Waals surface area contributed by atoms with Crippen LogP contribution >= 0.6 is 7.60 Å². The number of nitrogens with two attached hydrogens (primary N) is 1. The van der Waals surface area contributed by atoms with Crippen molar-refractivity contribution in [2.75, 3.05) is 24.3 Å². The monoisotopic (exact) mass is 405 g/mol. The van der Waals surface area contributed by atoms with Crippen molar-refractivity contribution in [2.45, 2.75) is 26.2 Å². The predicted molar refractivity (Wildman–Crippen MR) is 93.5 cm³/mol. The number of nitrogens with zero attached hydrogens (tertiary/aromatic N) is 3. The lowest BCUT2D eigenvalue weighted by Crippen LogP contribution is -2.12. The Morgan fingerprint density at radius 3 is 2.30 bits per heavy atom. The van der Waals surface area contributed by atoms with E-state index in [0.717, 1.165) is 0 Å². The lowest BCUT2D eigenvalue weighted by Gasteiger charge is -2.16. The van der Waals surface area contributed by atoms with Gasteiger partial charge >= 0.3 is 13.8 Å². The highest BCUT2D eigenvalue weighted by atomic mass is 31.2. The Balaban J connectivity index is 2.10. The van der Waals surface area contributed by atoms with Crippen molar-refractivity contribution in [3.8, 4) is 0 Å². The lowest BCUT2D eigenvalue weighted by atomic mass is 10.3. The van der Waals surface area contributed by atoms with Crippen LogP contribution in [0.25, 0.3) is 0 Å². The highest BCUT2D eigenvalue weighted by molar-refractivity contribution is 7.53. The second kappa shape index (κ2) is 8.64. The fraction of sp³-hybridized carbons (Fsp3) is 0.400. The van der Waals surface area contributed by atoms with Gasteiger partial charge in [0.15, 0.2) is 0 Å². The first-order valence-corrected chi connectivity index (χ1v) is 9.69. The summed E-state index contributed by atoms with van der Waals surface area (Å²) < 4.78 is 60.9. The van der Waals surface area contributed by atoms with Gasteiger partial charge in [0.25, 0.3) is 0 Å². The smallest absolute Gasteiger partial charge is 0.383 e. The number of alkyl halides is 3. The van der Waals surface area contributed by atoms with Crippen LogP contribution < -0.4 is 11.1 Å². The number of pyridine rings is 1. The number of rotatable bonds is 8. The van der Waals surface area contributed by atoms with Crippen LogP contribution in [0, 0.1) is 0 Å². The van der Waals surface area contributed by atoms with Crippen LogP contribution in [0.3, 0.4) is 0 Å². The zero-order valence-corrected chi connectivity index (χ0v) is 15.5. The van der Waals surface area contributed by atoms with Crippen LogP contribution in [-0.4, -0.2) is 28.2 Å². The van der Waals surface area contributed by atoms with E-state index < -0.39 is 25.2 Å². The fourth-order valence-electron chi connectivity index (χ4n) is 2.12. The molecule has 2 rings (SSSR count). The van der Waals surface area contributed by atoms with Crippen LogP contribution in [0.4, 0.5) is 30.6 Å². The van der Waals surface area contributed by atoms with E-state index in [1.165, 1.54) is 6.20 Å². The summed E-state index contributed by atoms with van der Waals surface area (Å²) >= 11 is 0. The summed E-state index contributed by atoms with van der Waals surface area (Å²) in [5.74, 6) is -0.789. The van der Waals surface area contributed by atoms with Crippen molar-refractivity contribution >= 4 is 25.0 Å². The molecule has 0 aliphatic rings. The summed E-state index contributed by atoms with van der Waals surface area (Å²) in [5.41, 5.74) is 5.11. The summed E-state index contributed by atoms with van der Waals surface area (Å²) in [4.78, 5) is 11.3. The van der Waals surface area contributed by atoms with Crippen LogP contribution in [0.15, 0.2) is 24.5 Å². The second-order valence-electron chi connectivity index (χ2n) is 5.26. The Hall–Kier alpha value is -2.23. The minimum absolute atomic E-state index is 0.00130. The highest BCUT2D eigenvalue weighted by Gasteiger charge is 2.34. The Morgan fingerprint density at radius 1 is 1.15 bits per heavy atom. The SMILES string of the molecule is CCOP(=O)(Cc1ccc(Nc2ncc(C(F)(F)F)c(N)n2)cn1)OCC. The maximum Gasteiger partial charge on any atom is 0.421 e. The normalized spacial score (nSPS) is 12.2. The maximum absolute atomic E-state index is 12.7. The maximum atomic E-state index is 12.7. The molecule has 0 unspecified atom stereocenters. The Kier molecular flexibility index (Phi) is 6.74. The first-order chi connectivity index (χ1) is 12.7. The molecule has 8 nitrogen and oxygen atoms in total. The Morgan fingerprint density at radius 2 is 1.81 bits per heavy atom. The van der Waals surface area contributed by atoms with Gasteiger partial charge in [0, 0.05) is 6.20 Å². The predicted octanol–water partition coefficient (Wildman–Crippen LogP) is 3.98. The third-order valence-electron chi connectivity index (χ3n) is 3.21. The standard InChI is InChI=1S/C15H19F3N5O3P/c1-3-25-27(24,26-4-2)9-11-6-5-10(7-20-11)22-14-21-8-12(13(19)23-14)15(16,17)18/h5-8H,3-4,9H2,1-2H3,(H3,19,21,22,23). The second-order valence-corrected chi connectivity index (χ2v) is 7.31. The number of nitrogens with one attached hydrogen (secondary N) is 1. The number of anilines is 3. The first kappa shape index (κ1) is 21.1. The molecule has 2 aromatic heterocycles. The van der Waals surface area contributed by atoms with Gasteiger partial charge in [-0.2, -0.15) is 18.2 Å². The number of nitrogen functional groups attached to an aromatic ring is 1. The minimum atomic E-state index is -4.62. The van der Waals surface area contributed by atoms with E-state index >= 15 is 0 Å². The molecule has 0 radical (unpaired) electrons. The van der Waals surface area contributed by atoms with E-state index in [9.17, 15) is 17.7 Å². The minimum Gasteiger partial charge on any atom is -0.383 e. The number of aromatic nitrogens is 3. The summed E-state index contributed by atoms with van der Waals surface area (Å²) in [6, 6.07) is 3.17. The zero-order chi connectivity index (χ0) is 20.1. The molecule has 2 heterocycles. The van der Waals surface area contributed by atoms with Gasteiger partial charge in [-0.05, 0) is 26.0 Å². The molecule has 12 heteroatoms. The molecule has 27 heavy (non-hydrogen) atoms. The van der Waals surface area contributed by atoms with E-state index in [4.69, 9.17) is 14.8 Å². The molecule has 0 aliphatic heterocycles. The summed E-state index contributed by atoms with van der Waals surface area (Å²) in [5, 5.41) is 2.70. The van der Waals surface area contributed by atoms with Gasteiger partial charge in [0.2, 0.25) is 5.95 Å². The largest absolute Gasteiger partial charge is 0.421 e. The van der Waals surface area contributed by atoms with Gasteiger partial charge in [-0.15, -0.1) is 0 Å². The topological polar surface area (TPSA) is 112 Å². The van der Waals surface area contributed by atoms with Gasteiger partial charge in [-0.25, -0.2) is 4.98 Å². The van der Waals surface area contributed by atoms with Crippen molar-refractivity contribution in [1.29, 1.82) is 0 Å². The van der Waals surface area contributed by atoms with E-state index in [2.05, 4.69) is 20.3 Å². The van der Waals surface area contributed by atoms with Gasteiger partial charge in [-0.1, -0.05) is 0 Å². The number of hydrogen-bond donors (Lipinski definition) is 2. The summed E-state index contributed by atoms with van der Waals surface area (Å²) in [6.45, 7) is 3.90. The fourth-order valence-corrected chi connectivity index (χ4v) is 3.74. The van der Waals surface area contributed by atoms with E-state index in [1.54, 1.807) is 26.0 Å². The van der Waals surface area contributed by atoms with Crippen molar-refractivity contribution in [1.82, 2.24) is 15.0 Å². The quantitative estimate of drug-likeness (QED) is 0.634. The van der Waals surface area contributed by atoms with Crippen molar-refractivity contribution in [3.05, 3.63) is 35.8 Å². The zero-order valence-electron chi connectivity index (χ0n) is 14.7. The molecule has 0 saturated carbocycles. The van der Waals surface area contributed by atoms with E-state index in [-0.39, 0.29) is 25.3 Å². The van der Waals surface area contributed by atoms with Crippen molar-refractivity contribution in [3.63, 3.8) is 0 Å². The summed E-state index contributed by atoms with van der Waals surface area (Å²) in [7, 11) is -3.28.